The highest BCUT2D eigenvalue weighted by Gasteiger charge is 2.61. The van der Waals surface area contributed by atoms with Gasteiger partial charge in [0.25, 0.3) is 5.91 Å². The lowest BCUT2D eigenvalue weighted by atomic mass is 9.76. The van der Waals surface area contributed by atoms with Crippen molar-refractivity contribution < 1.29 is 40.3 Å². The van der Waals surface area contributed by atoms with Gasteiger partial charge in [0.2, 0.25) is 5.82 Å². The molecule has 1 aliphatic heterocycles. The Morgan fingerprint density at radius 3 is 2.35 bits per heavy atom. The first-order valence-electron chi connectivity index (χ1n) is 13.2. The second kappa shape index (κ2) is 11.7. The largest absolute Gasteiger partial charge is 0.493 e. The zero-order valence-corrected chi connectivity index (χ0v) is 22.3. The monoisotopic (exact) mass is 607 g/mol. The summed E-state index contributed by atoms with van der Waals surface area (Å²) in [6.07, 6.45) is -10.9. The minimum absolute atomic E-state index is 0.0549. The Kier molecular flexibility index (Phi) is 8.12. The minimum atomic E-state index is -5.16. The molecule has 0 bridgehead atoms. The molecule has 2 heterocycles. The Labute approximate surface area is 240 Å². The molecule has 1 aromatic heterocycles. The zero-order chi connectivity index (χ0) is 30.8. The molecule has 7 nitrogen and oxygen atoms in total. The predicted octanol–water partition coefficient (Wildman–Crippen LogP) is 6.88. The van der Waals surface area contributed by atoms with Crippen LogP contribution in [0.2, 0.25) is 0 Å². The average molecular weight is 608 g/mol. The van der Waals surface area contributed by atoms with Gasteiger partial charge in [-0.15, -0.1) is 10.2 Å². The number of hydrogen-bond acceptors (Lipinski definition) is 5. The van der Waals surface area contributed by atoms with Crippen molar-refractivity contribution in [2.75, 3.05) is 6.61 Å². The topological polar surface area (TPSA) is 92.8 Å². The van der Waals surface area contributed by atoms with Crippen LogP contribution in [0, 0.1) is 5.82 Å². The highest BCUT2D eigenvalue weighted by atomic mass is 19.4. The number of tetrazole rings is 1. The van der Waals surface area contributed by atoms with Crippen LogP contribution in [0.5, 0.6) is 5.75 Å². The molecule has 1 aliphatic rings. The summed E-state index contributed by atoms with van der Waals surface area (Å²) in [5.74, 6) is -2.79. The van der Waals surface area contributed by atoms with E-state index in [2.05, 4.69) is 20.6 Å². The highest BCUT2D eigenvalue weighted by Crippen LogP contribution is 2.50. The fourth-order valence-corrected chi connectivity index (χ4v) is 5.13. The Balaban J connectivity index is 1.49. The summed E-state index contributed by atoms with van der Waals surface area (Å²) in [6.45, 7) is -0.0549. The number of rotatable bonds is 9. The van der Waals surface area contributed by atoms with Crippen LogP contribution in [0.25, 0.3) is 21.9 Å². The second-order valence-electron chi connectivity index (χ2n) is 10.1. The molecule has 226 valence electrons. The Bertz CT molecular complexity index is 1650. The number of aromatic amines is 1. The van der Waals surface area contributed by atoms with Crippen molar-refractivity contribution in [2.45, 2.75) is 50.0 Å². The molecule has 5 rings (SSSR count). The number of fused-ring (bicyclic) bond motifs is 1. The SMILES string of the molecule is O=C1NC(c2ccc(OCCCCCC(F)(F)F)cc2F)(C(F)(F)F)CC(c2ccc3ccccc3c2)=C1c1nn[nH]n1. The van der Waals surface area contributed by atoms with Crippen molar-refractivity contribution in [3.05, 3.63) is 83.4 Å². The molecule has 0 spiro atoms. The number of nitrogens with zero attached hydrogens (tertiary/aromatic N) is 3. The summed E-state index contributed by atoms with van der Waals surface area (Å²) in [6, 6.07) is 14.8. The van der Waals surface area contributed by atoms with Crippen LogP contribution in [0.4, 0.5) is 30.7 Å². The fourth-order valence-electron chi connectivity index (χ4n) is 5.13. The summed E-state index contributed by atoms with van der Waals surface area (Å²) in [4.78, 5) is 13.4. The third-order valence-corrected chi connectivity index (χ3v) is 7.22. The normalized spacial score (nSPS) is 17.8. The van der Waals surface area contributed by atoms with E-state index in [1.54, 1.807) is 36.4 Å². The number of nitrogens with one attached hydrogen (secondary N) is 2. The molecule has 1 unspecified atom stereocenters. The summed E-state index contributed by atoms with van der Waals surface area (Å²) < 4.78 is 103. The Hall–Kier alpha value is -4.49. The first-order chi connectivity index (χ1) is 20.4. The lowest BCUT2D eigenvalue weighted by Crippen LogP contribution is -2.59. The van der Waals surface area contributed by atoms with E-state index in [4.69, 9.17) is 4.74 Å². The van der Waals surface area contributed by atoms with Crippen molar-refractivity contribution in [1.29, 1.82) is 0 Å². The Morgan fingerprint density at radius 2 is 1.67 bits per heavy atom. The number of carbonyl (C=O) groups is 1. The maximum atomic E-state index is 15.5. The summed E-state index contributed by atoms with van der Waals surface area (Å²) in [7, 11) is 0. The van der Waals surface area contributed by atoms with E-state index < -0.39 is 48.0 Å². The third-order valence-electron chi connectivity index (χ3n) is 7.22. The number of carbonyl (C=O) groups excluding carboxylic acids is 1. The highest BCUT2D eigenvalue weighted by molar-refractivity contribution is 6.27. The number of ether oxygens (including phenoxy) is 1. The van der Waals surface area contributed by atoms with Crippen LogP contribution >= 0.6 is 0 Å². The molecule has 1 amide bonds. The maximum absolute atomic E-state index is 15.5. The van der Waals surface area contributed by atoms with Gasteiger partial charge in [-0.25, -0.2) is 4.39 Å². The second-order valence-corrected chi connectivity index (χ2v) is 10.1. The van der Waals surface area contributed by atoms with E-state index in [9.17, 15) is 31.1 Å². The van der Waals surface area contributed by atoms with Gasteiger partial charge < -0.3 is 10.1 Å². The standard InChI is InChI=1S/C29H24F7N5O2/c30-23-15-20(43-13-5-1-4-12-28(31,32)33)10-11-22(23)27(29(34,35)36)16-21(24(26(42)37-27)25-38-40-41-39-25)19-9-8-17-6-2-3-7-18(17)14-19/h2-3,6-11,14-15H,1,4-5,12-13,16H2,(H,37,42)(H,38,39,40,41). The van der Waals surface area contributed by atoms with E-state index in [1.165, 1.54) is 0 Å². The van der Waals surface area contributed by atoms with Gasteiger partial charge in [0.1, 0.15) is 11.6 Å². The van der Waals surface area contributed by atoms with Gasteiger partial charge in [-0.3, -0.25) is 4.79 Å². The zero-order valence-electron chi connectivity index (χ0n) is 22.3. The van der Waals surface area contributed by atoms with Crippen molar-refractivity contribution in [3.63, 3.8) is 0 Å². The van der Waals surface area contributed by atoms with Gasteiger partial charge in [-0.05, 0) is 64.6 Å². The van der Waals surface area contributed by atoms with Gasteiger partial charge in [-0.2, -0.15) is 31.6 Å². The average Bonchev–Trinajstić information content (AvgIpc) is 3.47. The van der Waals surface area contributed by atoms with Crippen LogP contribution in [-0.2, 0) is 10.3 Å². The van der Waals surface area contributed by atoms with E-state index >= 15 is 4.39 Å². The molecule has 3 aromatic carbocycles. The maximum Gasteiger partial charge on any atom is 0.416 e. The number of halogens is 7. The van der Waals surface area contributed by atoms with Crippen molar-refractivity contribution in [2.24, 2.45) is 0 Å². The number of hydrogen-bond donors (Lipinski definition) is 2. The van der Waals surface area contributed by atoms with Crippen LogP contribution in [0.15, 0.2) is 60.7 Å². The van der Waals surface area contributed by atoms with Crippen molar-refractivity contribution >= 4 is 27.8 Å². The molecule has 0 saturated carbocycles. The van der Waals surface area contributed by atoms with Crippen LogP contribution in [0.3, 0.4) is 0 Å². The molecule has 4 aromatic rings. The summed E-state index contributed by atoms with van der Waals surface area (Å²) >= 11 is 0. The lowest BCUT2D eigenvalue weighted by molar-refractivity contribution is -0.202. The molecule has 14 heteroatoms. The van der Waals surface area contributed by atoms with E-state index in [1.807, 2.05) is 11.4 Å². The first kappa shape index (κ1) is 30.0. The van der Waals surface area contributed by atoms with Gasteiger partial charge in [-0.1, -0.05) is 36.4 Å². The van der Waals surface area contributed by atoms with Gasteiger partial charge in [0.15, 0.2) is 5.54 Å². The molecule has 0 fully saturated rings. The molecular weight excluding hydrogens is 583 g/mol. The molecular formula is C29H24F7N5O2. The fraction of sp³-hybridized carbons (Fsp3) is 0.310. The van der Waals surface area contributed by atoms with Crippen LogP contribution in [0.1, 0.15) is 49.1 Å². The number of aromatic nitrogens is 4. The molecule has 43 heavy (non-hydrogen) atoms. The van der Waals surface area contributed by atoms with Crippen LogP contribution < -0.4 is 10.1 Å². The number of unbranched alkanes of at least 4 members (excludes halogenated alkanes) is 2. The molecule has 0 aliphatic carbocycles. The number of benzene rings is 3. The number of H-pyrrole nitrogens is 1. The summed E-state index contributed by atoms with van der Waals surface area (Å²) in [5.41, 5.74) is -4.02. The first-order valence-corrected chi connectivity index (χ1v) is 13.2. The minimum Gasteiger partial charge on any atom is -0.493 e. The van der Waals surface area contributed by atoms with Gasteiger partial charge in [0.05, 0.1) is 12.2 Å². The smallest absolute Gasteiger partial charge is 0.416 e. The molecule has 0 radical (unpaired) electrons. The van der Waals surface area contributed by atoms with Crippen LogP contribution in [-0.4, -0.2) is 45.5 Å². The quantitative estimate of drug-likeness (QED) is 0.160. The van der Waals surface area contributed by atoms with Gasteiger partial charge >= 0.3 is 12.4 Å². The van der Waals surface area contributed by atoms with Crippen molar-refractivity contribution in [1.82, 2.24) is 25.9 Å². The number of alkyl halides is 6. The van der Waals surface area contributed by atoms with E-state index in [-0.39, 0.29) is 54.2 Å². The van der Waals surface area contributed by atoms with E-state index in [0.29, 0.717) is 5.39 Å². The van der Waals surface area contributed by atoms with E-state index in [0.717, 1.165) is 23.6 Å². The number of amides is 1. The summed E-state index contributed by atoms with van der Waals surface area (Å²) in [5, 5.41) is 16.7. The lowest BCUT2D eigenvalue weighted by Gasteiger charge is -2.41. The Morgan fingerprint density at radius 1 is 0.907 bits per heavy atom. The molecule has 2 N–H and O–H groups in total. The molecule has 1 atom stereocenters. The molecule has 0 saturated heterocycles. The van der Waals surface area contributed by atoms with Crippen molar-refractivity contribution in [3.8, 4) is 5.75 Å². The van der Waals surface area contributed by atoms with Gasteiger partial charge in [0, 0.05) is 24.5 Å². The predicted molar refractivity (Wildman–Crippen MR) is 142 cm³/mol. The third kappa shape index (κ3) is 6.32.